The number of aliphatic hydroxyl groups is 1. The van der Waals surface area contributed by atoms with Crippen LogP contribution in [0, 0.1) is 5.82 Å². The Balaban J connectivity index is 1.45. The summed E-state index contributed by atoms with van der Waals surface area (Å²) in [7, 11) is 0. The minimum absolute atomic E-state index is 0.277. The van der Waals surface area contributed by atoms with E-state index in [-0.39, 0.29) is 11.9 Å². The molecule has 0 aliphatic carbocycles. The molecule has 1 fully saturated rings. The lowest BCUT2D eigenvalue weighted by Gasteiger charge is -2.27. The second kappa shape index (κ2) is 8.97. The Morgan fingerprint density at radius 3 is 2.16 bits per heavy atom. The van der Waals surface area contributed by atoms with E-state index in [9.17, 15) is 9.50 Å². The van der Waals surface area contributed by atoms with Gasteiger partial charge < -0.3 is 14.7 Å². The quantitative estimate of drug-likeness (QED) is 0.809. The van der Waals surface area contributed by atoms with Crippen LogP contribution >= 0.6 is 0 Å². The topological polar surface area (TPSA) is 32.7 Å². The van der Waals surface area contributed by atoms with Crippen LogP contribution in [-0.2, 0) is 6.42 Å². The molecule has 0 spiro atoms. The average molecular weight is 343 g/mol. The van der Waals surface area contributed by atoms with Crippen molar-refractivity contribution in [2.45, 2.75) is 38.2 Å². The fourth-order valence-corrected chi connectivity index (χ4v) is 3.22. The molecule has 2 aromatic carbocycles. The van der Waals surface area contributed by atoms with Gasteiger partial charge in [-0.15, -0.1) is 0 Å². The maximum absolute atomic E-state index is 12.9. The second-order valence-corrected chi connectivity index (χ2v) is 6.75. The molecule has 3 rings (SSSR count). The summed E-state index contributed by atoms with van der Waals surface area (Å²) < 4.78 is 18.6. The molecule has 1 unspecified atom stereocenters. The van der Waals surface area contributed by atoms with E-state index in [0.717, 1.165) is 18.5 Å². The molecule has 3 nitrogen and oxygen atoms in total. The van der Waals surface area contributed by atoms with Gasteiger partial charge in [-0.2, -0.15) is 0 Å². The molecule has 134 valence electrons. The number of ether oxygens (including phenoxy) is 1. The van der Waals surface area contributed by atoms with Gasteiger partial charge in [0.05, 0.1) is 6.10 Å². The van der Waals surface area contributed by atoms with Gasteiger partial charge in [0.15, 0.2) is 0 Å². The Morgan fingerprint density at radius 1 is 0.920 bits per heavy atom. The van der Waals surface area contributed by atoms with Gasteiger partial charge in [0.2, 0.25) is 0 Å². The molecule has 1 saturated heterocycles. The van der Waals surface area contributed by atoms with Crippen LogP contribution in [0.5, 0.6) is 11.5 Å². The first kappa shape index (κ1) is 17.9. The van der Waals surface area contributed by atoms with Crippen molar-refractivity contribution in [1.82, 2.24) is 4.90 Å². The number of benzene rings is 2. The second-order valence-electron chi connectivity index (χ2n) is 6.75. The van der Waals surface area contributed by atoms with Crippen molar-refractivity contribution in [3.05, 3.63) is 59.9 Å². The molecule has 1 heterocycles. The lowest BCUT2D eigenvalue weighted by molar-refractivity contribution is 0.133. The van der Waals surface area contributed by atoms with Gasteiger partial charge in [0, 0.05) is 6.54 Å². The smallest absolute Gasteiger partial charge is 0.127 e. The van der Waals surface area contributed by atoms with Crippen molar-refractivity contribution < 1.29 is 14.2 Å². The number of rotatable bonds is 7. The third-order valence-corrected chi connectivity index (χ3v) is 4.67. The van der Waals surface area contributed by atoms with Crippen molar-refractivity contribution >= 4 is 0 Å². The predicted molar refractivity (Wildman–Crippen MR) is 97.5 cm³/mol. The number of halogens is 1. The monoisotopic (exact) mass is 343 g/mol. The van der Waals surface area contributed by atoms with Gasteiger partial charge in [0.1, 0.15) is 17.3 Å². The van der Waals surface area contributed by atoms with Crippen LogP contribution in [0.2, 0.25) is 0 Å². The Hall–Kier alpha value is -1.91. The molecule has 0 radical (unpaired) electrons. The number of nitrogens with zero attached hydrogens (tertiary/aromatic N) is 1. The minimum Gasteiger partial charge on any atom is -0.457 e. The van der Waals surface area contributed by atoms with E-state index in [0.29, 0.717) is 17.9 Å². The summed E-state index contributed by atoms with van der Waals surface area (Å²) >= 11 is 0. The minimum atomic E-state index is -0.314. The fourth-order valence-electron chi connectivity index (χ4n) is 3.22. The Kier molecular flexibility index (Phi) is 6.42. The highest BCUT2D eigenvalue weighted by Gasteiger charge is 2.12. The highest BCUT2D eigenvalue weighted by atomic mass is 19.1. The summed E-state index contributed by atoms with van der Waals surface area (Å²) in [6, 6.07) is 13.7. The van der Waals surface area contributed by atoms with Gasteiger partial charge in [0.25, 0.3) is 0 Å². The van der Waals surface area contributed by atoms with Crippen LogP contribution in [0.1, 0.15) is 31.2 Å². The predicted octanol–water partition coefficient (Wildman–Crippen LogP) is 4.40. The Bertz CT molecular complexity index is 636. The van der Waals surface area contributed by atoms with Gasteiger partial charge in [-0.1, -0.05) is 18.6 Å². The highest BCUT2D eigenvalue weighted by Crippen LogP contribution is 2.22. The Morgan fingerprint density at radius 2 is 1.52 bits per heavy atom. The summed E-state index contributed by atoms with van der Waals surface area (Å²) in [5.41, 5.74) is 1.10. The van der Waals surface area contributed by atoms with E-state index in [4.69, 9.17) is 4.74 Å². The molecule has 4 heteroatoms. The molecule has 2 aromatic rings. The summed E-state index contributed by atoms with van der Waals surface area (Å²) in [6.07, 6.45) is 5.06. The summed E-state index contributed by atoms with van der Waals surface area (Å²) in [5, 5.41) is 10.3. The molecule has 1 aliphatic rings. The Labute approximate surface area is 149 Å². The zero-order valence-electron chi connectivity index (χ0n) is 14.5. The largest absolute Gasteiger partial charge is 0.457 e. The number of likely N-dealkylation sites (tertiary alicyclic amines) is 1. The van der Waals surface area contributed by atoms with Crippen LogP contribution < -0.4 is 4.74 Å². The highest BCUT2D eigenvalue weighted by molar-refractivity contribution is 5.33. The van der Waals surface area contributed by atoms with E-state index in [1.807, 2.05) is 24.3 Å². The normalized spacial score (nSPS) is 16.6. The standard InChI is InChI=1S/C21H26FNO2/c22-18-6-10-21(11-7-18)25-20-8-4-17(5-9-20)16-19(24)12-15-23-13-2-1-3-14-23/h4-11,19,24H,1-3,12-16H2. The van der Waals surface area contributed by atoms with Crippen molar-refractivity contribution in [3.8, 4) is 11.5 Å². The van der Waals surface area contributed by atoms with E-state index in [1.54, 1.807) is 12.1 Å². The maximum Gasteiger partial charge on any atom is 0.127 e. The summed E-state index contributed by atoms with van der Waals surface area (Å²) in [5.74, 6) is 1.04. The third-order valence-electron chi connectivity index (χ3n) is 4.67. The van der Waals surface area contributed by atoms with Gasteiger partial charge in [-0.05, 0) is 80.7 Å². The first-order chi connectivity index (χ1) is 12.2. The first-order valence-electron chi connectivity index (χ1n) is 9.12. The molecular weight excluding hydrogens is 317 g/mol. The van der Waals surface area contributed by atoms with E-state index < -0.39 is 0 Å². The zero-order valence-corrected chi connectivity index (χ0v) is 14.5. The zero-order chi connectivity index (χ0) is 17.5. The van der Waals surface area contributed by atoms with Crippen LogP contribution in [0.25, 0.3) is 0 Å². The van der Waals surface area contributed by atoms with E-state index in [2.05, 4.69) is 4.90 Å². The summed E-state index contributed by atoms with van der Waals surface area (Å²) in [6.45, 7) is 3.32. The molecule has 1 aliphatic heterocycles. The van der Waals surface area contributed by atoms with Gasteiger partial charge in [-0.25, -0.2) is 4.39 Å². The SMILES string of the molecule is OC(CCN1CCCCC1)Cc1ccc(Oc2ccc(F)cc2)cc1. The molecule has 25 heavy (non-hydrogen) atoms. The molecule has 0 saturated carbocycles. The van der Waals surface area contributed by atoms with Crippen LogP contribution in [-0.4, -0.2) is 35.7 Å². The van der Waals surface area contributed by atoms with Crippen molar-refractivity contribution in [2.24, 2.45) is 0 Å². The van der Waals surface area contributed by atoms with Gasteiger partial charge in [-0.3, -0.25) is 0 Å². The molecule has 0 aromatic heterocycles. The number of piperidine rings is 1. The number of aliphatic hydroxyl groups excluding tert-OH is 1. The van der Waals surface area contributed by atoms with Crippen molar-refractivity contribution in [1.29, 1.82) is 0 Å². The maximum atomic E-state index is 12.9. The van der Waals surface area contributed by atoms with E-state index >= 15 is 0 Å². The number of hydrogen-bond donors (Lipinski definition) is 1. The third kappa shape index (κ3) is 5.83. The molecule has 0 amide bonds. The fraction of sp³-hybridized carbons (Fsp3) is 0.429. The van der Waals surface area contributed by atoms with Crippen molar-refractivity contribution in [3.63, 3.8) is 0 Å². The molecule has 0 bridgehead atoms. The number of hydrogen-bond acceptors (Lipinski definition) is 3. The molecule has 1 atom stereocenters. The van der Waals surface area contributed by atoms with Crippen LogP contribution in [0.4, 0.5) is 4.39 Å². The van der Waals surface area contributed by atoms with Crippen molar-refractivity contribution in [2.75, 3.05) is 19.6 Å². The molecular formula is C21H26FNO2. The van der Waals surface area contributed by atoms with Crippen LogP contribution in [0.15, 0.2) is 48.5 Å². The van der Waals surface area contributed by atoms with Gasteiger partial charge >= 0.3 is 0 Å². The average Bonchev–Trinajstić information content (AvgIpc) is 2.64. The summed E-state index contributed by atoms with van der Waals surface area (Å²) in [4.78, 5) is 2.45. The first-order valence-corrected chi connectivity index (χ1v) is 9.12. The van der Waals surface area contributed by atoms with E-state index in [1.165, 1.54) is 44.5 Å². The van der Waals surface area contributed by atoms with Crippen LogP contribution in [0.3, 0.4) is 0 Å². The lowest BCUT2D eigenvalue weighted by atomic mass is 10.0. The molecule has 1 N–H and O–H groups in total. The lowest BCUT2D eigenvalue weighted by Crippen LogP contribution is -2.32.